The minimum atomic E-state index is -2.01. The molecular formula is C18H32O4Si. The largest absolute Gasteiger partial charge is 0.398 e. The molecule has 2 aliphatic carbocycles. The third-order valence-corrected chi connectivity index (χ3v) is 10.4. The van der Waals surface area contributed by atoms with Gasteiger partial charge in [0, 0.05) is 14.2 Å². The van der Waals surface area contributed by atoms with Crippen LogP contribution in [0.1, 0.15) is 51.4 Å². The lowest BCUT2D eigenvalue weighted by atomic mass is 9.87. The molecule has 0 radical (unpaired) electrons. The Labute approximate surface area is 141 Å². The quantitative estimate of drug-likeness (QED) is 0.500. The van der Waals surface area contributed by atoms with E-state index in [9.17, 15) is 0 Å². The molecule has 2 aliphatic heterocycles. The summed E-state index contributed by atoms with van der Waals surface area (Å²) in [7, 11) is 1.74. The molecule has 2 saturated carbocycles. The molecule has 0 aromatic heterocycles. The fourth-order valence-corrected chi connectivity index (χ4v) is 7.89. The van der Waals surface area contributed by atoms with Crippen LogP contribution in [0.15, 0.2) is 0 Å². The van der Waals surface area contributed by atoms with Crippen LogP contribution in [0.3, 0.4) is 0 Å². The molecule has 0 aromatic carbocycles. The second-order valence-corrected chi connectivity index (χ2v) is 11.8. The molecule has 5 heteroatoms. The van der Waals surface area contributed by atoms with E-state index < -0.39 is 8.56 Å². The van der Waals surface area contributed by atoms with Crippen LogP contribution in [0.5, 0.6) is 0 Å². The molecule has 23 heavy (non-hydrogen) atoms. The fourth-order valence-electron chi connectivity index (χ4n) is 4.96. The standard InChI is InChI=1S/C18H32O4Si/c1-19-23(20-2,9-7-13-3-5-15-17(11-13)21-15)10-8-14-4-6-16-18(12-14)22-16/h13-18H,3-12H2,1-2H3. The van der Waals surface area contributed by atoms with E-state index in [-0.39, 0.29) is 0 Å². The number of fused-ring (bicyclic) bond motifs is 2. The Balaban J connectivity index is 1.24. The van der Waals surface area contributed by atoms with Gasteiger partial charge in [0.25, 0.3) is 0 Å². The number of ether oxygens (including phenoxy) is 2. The Morgan fingerprint density at radius 1 is 0.739 bits per heavy atom. The highest BCUT2D eigenvalue weighted by molar-refractivity contribution is 6.67. The summed E-state index contributed by atoms with van der Waals surface area (Å²) in [6, 6.07) is 2.30. The second kappa shape index (κ2) is 6.75. The van der Waals surface area contributed by atoms with Gasteiger partial charge in [-0.25, -0.2) is 0 Å². The summed E-state index contributed by atoms with van der Waals surface area (Å²) < 4.78 is 23.3. The van der Waals surface area contributed by atoms with Crippen molar-refractivity contribution in [3.63, 3.8) is 0 Å². The van der Waals surface area contributed by atoms with E-state index in [2.05, 4.69) is 0 Å². The maximum atomic E-state index is 6.00. The van der Waals surface area contributed by atoms with Gasteiger partial charge in [0.2, 0.25) is 0 Å². The minimum Gasteiger partial charge on any atom is -0.398 e. The van der Waals surface area contributed by atoms with E-state index in [4.69, 9.17) is 18.3 Å². The summed E-state index contributed by atoms with van der Waals surface area (Å²) in [5.41, 5.74) is 0. The lowest BCUT2D eigenvalue weighted by Crippen LogP contribution is -2.41. The molecule has 132 valence electrons. The number of epoxide rings is 2. The summed E-state index contributed by atoms with van der Waals surface area (Å²) in [6.07, 6.45) is 12.7. The van der Waals surface area contributed by atoms with E-state index in [0.717, 1.165) is 23.9 Å². The highest BCUT2D eigenvalue weighted by atomic mass is 28.4. The molecule has 4 rings (SSSR count). The summed E-state index contributed by atoms with van der Waals surface area (Å²) in [6.45, 7) is 0. The van der Waals surface area contributed by atoms with Gasteiger partial charge < -0.3 is 18.3 Å². The molecular weight excluding hydrogens is 308 g/mol. The Hall–Kier alpha value is 0.0569. The highest BCUT2D eigenvalue weighted by Crippen LogP contribution is 2.43. The van der Waals surface area contributed by atoms with Gasteiger partial charge in [0.15, 0.2) is 0 Å². The molecule has 2 saturated heterocycles. The lowest BCUT2D eigenvalue weighted by Gasteiger charge is -2.31. The third-order valence-electron chi connectivity index (χ3n) is 6.84. The first-order valence-electron chi connectivity index (χ1n) is 9.62. The second-order valence-electron chi connectivity index (χ2n) is 8.18. The van der Waals surface area contributed by atoms with Gasteiger partial charge >= 0.3 is 8.56 Å². The SMILES string of the molecule is CO[Si](CCC1CCC2OC2C1)(CCC1CCC2OC2C1)OC. The molecule has 4 nitrogen and oxygen atoms in total. The maximum Gasteiger partial charge on any atom is 0.337 e. The molecule has 0 spiro atoms. The van der Waals surface area contributed by atoms with Gasteiger partial charge in [0.1, 0.15) is 0 Å². The zero-order chi connectivity index (χ0) is 15.9. The molecule has 6 unspecified atom stereocenters. The Morgan fingerprint density at radius 3 is 1.61 bits per heavy atom. The van der Waals surface area contributed by atoms with Crippen molar-refractivity contribution in [3.8, 4) is 0 Å². The predicted octanol–water partition coefficient (Wildman–Crippen LogP) is 3.64. The van der Waals surface area contributed by atoms with Gasteiger partial charge in [-0.1, -0.05) is 0 Å². The smallest absolute Gasteiger partial charge is 0.337 e. The van der Waals surface area contributed by atoms with Gasteiger partial charge in [-0.3, -0.25) is 0 Å². The van der Waals surface area contributed by atoms with Crippen LogP contribution in [-0.2, 0) is 18.3 Å². The molecule has 6 atom stereocenters. The Bertz CT molecular complexity index is 380. The van der Waals surface area contributed by atoms with Crippen molar-refractivity contribution >= 4 is 8.56 Å². The van der Waals surface area contributed by atoms with E-state index >= 15 is 0 Å². The van der Waals surface area contributed by atoms with Crippen molar-refractivity contribution in [2.45, 2.75) is 87.9 Å². The van der Waals surface area contributed by atoms with E-state index in [1.807, 2.05) is 14.2 Å². The van der Waals surface area contributed by atoms with Crippen LogP contribution < -0.4 is 0 Å². The zero-order valence-electron chi connectivity index (χ0n) is 14.7. The summed E-state index contributed by atoms with van der Waals surface area (Å²) in [4.78, 5) is 0. The third kappa shape index (κ3) is 3.84. The molecule has 0 amide bonds. The van der Waals surface area contributed by atoms with Crippen molar-refractivity contribution in [1.82, 2.24) is 0 Å². The van der Waals surface area contributed by atoms with Gasteiger partial charge in [-0.15, -0.1) is 0 Å². The molecule has 2 heterocycles. The average Bonchev–Trinajstić information content (AvgIpc) is 3.49. The summed E-state index contributed by atoms with van der Waals surface area (Å²) in [5, 5.41) is 0. The molecule has 0 aromatic rings. The fraction of sp³-hybridized carbons (Fsp3) is 1.00. The number of hydrogen-bond acceptors (Lipinski definition) is 4. The van der Waals surface area contributed by atoms with Crippen molar-refractivity contribution in [2.24, 2.45) is 11.8 Å². The monoisotopic (exact) mass is 340 g/mol. The van der Waals surface area contributed by atoms with Crippen LogP contribution in [0.4, 0.5) is 0 Å². The van der Waals surface area contributed by atoms with E-state index in [0.29, 0.717) is 24.4 Å². The van der Waals surface area contributed by atoms with Gasteiger partial charge in [-0.05, 0) is 75.3 Å². The first kappa shape index (κ1) is 16.5. The maximum absolute atomic E-state index is 6.00. The lowest BCUT2D eigenvalue weighted by molar-refractivity contribution is 0.228. The summed E-state index contributed by atoms with van der Waals surface area (Å²) >= 11 is 0. The van der Waals surface area contributed by atoms with Crippen LogP contribution in [0.25, 0.3) is 0 Å². The van der Waals surface area contributed by atoms with Crippen LogP contribution in [-0.4, -0.2) is 47.2 Å². The van der Waals surface area contributed by atoms with Crippen molar-refractivity contribution in [1.29, 1.82) is 0 Å². The predicted molar refractivity (Wildman–Crippen MR) is 90.6 cm³/mol. The van der Waals surface area contributed by atoms with Crippen molar-refractivity contribution in [3.05, 3.63) is 0 Å². The van der Waals surface area contributed by atoms with Crippen molar-refractivity contribution < 1.29 is 18.3 Å². The minimum absolute atomic E-state index is 0.587. The van der Waals surface area contributed by atoms with E-state index in [1.54, 1.807) is 0 Å². The van der Waals surface area contributed by atoms with Crippen LogP contribution in [0, 0.1) is 11.8 Å². The van der Waals surface area contributed by atoms with E-state index in [1.165, 1.54) is 51.4 Å². The molecule has 4 aliphatic rings. The van der Waals surface area contributed by atoms with Crippen LogP contribution >= 0.6 is 0 Å². The first-order valence-corrected chi connectivity index (χ1v) is 11.9. The normalized spacial score (nSPS) is 42.0. The molecule has 0 bridgehead atoms. The molecule has 4 fully saturated rings. The first-order chi connectivity index (χ1) is 11.2. The van der Waals surface area contributed by atoms with Crippen molar-refractivity contribution in [2.75, 3.05) is 14.2 Å². The Kier molecular flexibility index (Phi) is 4.85. The van der Waals surface area contributed by atoms with Gasteiger partial charge in [0.05, 0.1) is 24.4 Å². The van der Waals surface area contributed by atoms with Gasteiger partial charge in [-0.2, -0.15) is 0 Å². The number of hydrogen-bond donors (Lipinski definition) is 0. The zero-order valence-corrected chi connectivity index (χ0v) is 15.7. The summed E-state index contributed by atoms with van der Waals surface area (Å²) in [5.74, 6) is 1.65. The Morgan fingerprint density at radius 2 is 1.22 bits per heavy atom. The topological polar surface area (TPSA) is 43.5 Å². The average molecular weight is 341 g/mol. The molecule has 0 N–H and O–H groups in total. The van der Waals surface area contributed by atoms with Crippen LogP contribution in [0.2, 0.25) is 12.1 Å². The highest BCUT2D eigenvalue weighted by Gasteiger charge is 2.46. The number of rotatable bonds is 8.